The molecule has 0 spiro atoms. The molecule has 0 saturated heterocycles. The van der Waals surface area contributed by atoms with E-state index in [9.17, 15) is 4.39 Å². The average Bonchev–Trinajstić information content (AvgIpc) is 2.23. The molecule has 2 rings (SSSR count). The molecule has 78 valence electrons. The highest BCUT2D eigenvalue weighted by atomic mass is 35.5. The zero-order valence-electron chi connectivity index (χ0n) is 8.59. The van der Waals surface area contributed by atoms with Gasteiger partial charge >= 0.3 is 0 Å². The molecule has 0 N–H and O–H groups in total. The summed E-state index contributed by atoms with van der Waals surface area (Å²) in [6.45, 7) is 4.02. The van der Waals surface area contributed by atoms with Gasteiger partial charge < -0.3 is 0 Å². The summed E-state index contributed by atoms with van der Waals surface area (Å²) in [5.74, 6) is -0.143. The van der Waals surface area contributed by atoms with E-state index in [-0.39, 0.29) is 16.8 Å². The predicted molar refractivity (Wildman–Crippen MR) is 60.8 cm³/mol. The van der Waals surface area contributed by atoms with Gasteiger partial charge in [0.25, 0.3) is 0 Å². The van der Waals surface area contributed by atoms with Gasteiger partial charge in [-0.05, 0) is 29.7 Å². The van der Waals surface area contributed by atoms with Crippen molar-refractivity contribution >= 4 is 22.5 Å². The van der Waals surface area contributed by atoms with Crippen LogP contribution in [0.1, 0.15) is 25.3 Å². The van der Waals surface area contributed by atoms with Gasteiger partial charge in [0.2, 0.25) is 0 Å². The average molecular weight is 224 g/mol. The van der Waals surface area contributed by atoms with E-state index in [1.54, 1.807) is 18.3 Å². The van der Waals surface area contributed by atoms with Gasteiger partial charge in [-0.25, -0.2) is 4.39 Å². The van der Waals surface area contributed by atoms with Gasteiger partial charge in [0, 0.05) is 11.6 Å². The fraction of sp³-hybridized carbons (Fsp3) is 0.250. The van der Waals surface area contributed by atoms with E-state index in [1.807, 2.05) is 13.8 Å². The molecule has 0 radical (unpaired) electrons. The van der Waals surface area contributed by atoms with E-state index in [4.69, 9.17) is 11.6 Å². The van der Waals surface area contributed by atoms with Gasteiger partial charge in [-0.1, -0.05) is 25.4 Å². The maximum Gasteiger partial charge on any atom is 0.142 e. The Morgan fingerprint density at radius 2 is 2.13 bits per heavy atom. The van der Waals surface area contributed by atoms with Crippen LogP contribution >= 0.6 is 11.6 Å². The zero-order valence-corrected chi connectivity index (χ0v) is 9.35. The molecule has 2 aromatic rings. The molecule has 1 aromatic carbocycles. The molecular weight excluding hydrogens is 213 g/mol. The number of halogens is 2. The van der Waals surface area contributed by atoms with Crippen molar-refractivity contribution in [3.63, 3.8) is 0 Å². The number of nitrogens with zero attached hydrogens (tertiary/aromatic N) is 1. The molecular formula is C12H11ClFN. The van der Waals surface area contributed by atoms with Crippen LogP contribution in [-0.2, 0) is 0 Å². The van der Waals surface area contributed by atoms with Crippen LogP contribution in [0.4, 0.5) is 4.39 Å². The standard InChI is InChI=1S/C12H11ClFN/c1-7(2)9-6-10(14)11(13)8-4-3-5-15-12(8)9/h3-7H,1-2H3. The van der Waals surface area contributed by atoms with Gasteiger partial charge in [-0.15, -0.1) is 0 Å². The van der Waals surface area contributed by atoms with Crippen LogP contribution in [0.25, 0.3) is 10.9 Å². The first-order valence-corrected chi connectivity index (χ1v) is 5.21. The predicted octanol–water partition coefficient (Wildman–Crippen LogP) is 4.15. The van der Waals surface area contributed by atoms with E-state index in [1.165, 1.54) is 6.07 Å². The summed E-state index contributed by atoms with van der Waals surface area (Å²) in [5.41, 5.74) is 1.69. The Morgan fingerprint density at radius 1 is 1.40 bits per heavy atom. The Kier molecular flexibility index (Phi) is 2.61. The van der Waals surface area contributed by atoms with Crippen LogP contribution in [0.2, 0.25) is 5.02 Å². The smallest absolute Gasteiger partial charge is 0.142 e. The lowest BCUT2D eigenvalue weighted by atomic mass is 9.99. The second-order valence-corrected chi connectivity index (χ2v) is 4.19. The maximum atomic E-state index is 13.5. The number of rotatable bonds is 1. The molecule has 0 fully saturated rings. The Labute approximate surface area is 92.9 Å². The lowest BCUT2D eigenvalue weighted by molar-refractivity contribution is 0.626. The van der Waals surface area contributed by atoms with Crippen LogP contribution in [0.5, 0.6) is 0 Å². The van der Waals surface area contributed by atoms with Crippen molar-refractivity contribution in [2.75, 3.05) is 0 Å². The third-order valence-corrected chi connectivity index (χ3v) is 2.82. The number of hydrogen-bond donors (Lipinski definition) is 0. The summed E-state index contributed by atoms with van der Waals surface area (Å²) in [7, 11) is 0. The minimum absolute atomic E-state index is 0.155. The fourth-order valence-corrected chi connectivity index (χ4v) is 1.86. The molecule has 0 aliphatic heterocycles. The van der Waals surface area contributed by atoms with Gasteiger partial charge in [0.05, 0.1) is 10.5 Å². The lowest BCUT2D eigenvalue weighted by Crippen LogP contribution is -1.94. The summed E-state index contributed by atoms with van der Waals surface area (Å²) < 4.78 is 13.5. The molecule has 0 bridgehead atoms. The van der Waals surface area contributed by atoms with Crippen molar-refractivity contribution in [1.82, 2.24) is 4.98 Å². The van der Waals surface area contributed by atoms with Crippen molar-refractivity contribution in [3.05, 3.63) is 40.8 Å². The number of aromatic nitrogens is 1. The molecule has 0 aliphatic carbocycles. The summed E-state index contributed by atoms with van der Waals surface area (Å²) in [6.07, 6.45) is 1.70. The molecule has 0 amide bonds. The molecule has 1 nitrogen and oxygen atoms in total. The van der Waals surface area contributed by atoms with E-state index in [2.05, 4.69) is 4.98 Å². The third-order valence-electron chi connectivity index (χ3n) is 2.43. The summed E-state index contributed by atoms with van der Waals surface area (Å²) >= 11 is 5.89. The van der Waals surface area contributed by atoms with Crippen LogP contribution in [0.15, 0.2) is 24.4 Å². The molecule has 0 unspecified atom stereocenters. The van der Waals surface area contributed by atoms with Crippen LogP contribution < -0.4 is 0 Å². The second-order valence-electron chi connectivity index (χ2n) is 3.82. The largest absolute Gasteiger partial charge is 0.256 e. The topological polar surface area (TPSA) is 12.9 Å². The van der Waals surface area contributed by atoms with E-state index in [0.717, 1.165) is 11.1 Å². The Morgan fingerprint density at radius 3 is 2.80 bits per heavy atom. The Bertz CT molecular complexity index is 508. The number of fused-ring (bicyclic) bond motifs is 1. The molecule has 15 heavy (non-hydrogen) atoms. The molecule has 3 heteroatoms. The lowest BCUT2D eigenvalue weighted by Gasteiger charge is -2.10. The number of benzene rings is 1. The molecule has 0 aliphatic rings. The van der Waals surface area contributed by atoms with Crippen molar-refractivity contribution in [2.24, 2.45) is 0 Å². The van der Waals surface area contributed by atoms with E-state index >= 15 is 0 Å². The van der Waals surface area contributed by atoms with Crippen LogP contribution in [-0.4, -0.2) is 4.98 Å². The van der Waals surface area contributed by atoms with Gasteiger partial charge in [-0.3, -0.25) is 4.98 Å². The zero-order chi connectivity index (χ0) is 11.0. The molecule has 1 heterocycles. The number of pyridine rings is 1. The third kappa shape index (κ3) is 1.70. The van der Waals surface area contributed by atoms with E-state index in [0.29, 0.717) is 5.39 Å². The summed E-state index contributed by atoms with van der Waals surface area (Å²) in [5, 5.41) is 0.838. The van der Waals surface area contributed by atoms with Crippen molar-refractivity contribution in [3.8, 4) is 0 Å². The highest BCUT2D eigenvalue weighted by Gasteiger charge is 2.13. The minimum atomic E-state index is -0.374. The second kappa shape index (κ2) is 3.78. The quantitative estimate of drug-likeness (QED) is 0.708. The monoisotopic (exact) mass is 223 g/mol. The van der Waals surface area contributed by atoms with Crippen LogP contribution in [0, 0.1) is 5.82 Å². The Hall–Kier alpha value is -1.15. The van der Waals surface area contributed by atoms with Gasteiger partial charge in [0.15, 0.2) is 0 Å². The van der Waals surface area contributed by atoms with Gasteiger partial charge in [-0.2, -0.15) is 0 Å². The molecule has 1 aromatic heterocycles. The maximum absolute atomic E-state index is 13.5. The molecule has 0 saturated carbocycles. The SMILES string of the molecule is CC(C)c1cc(F)c(Cl)c2cccnc12. The van der Waals surface area contributed by atoms with Crippen molar-refractivity contribution in [2.45, 2.75) is 19.8 Å². The Balaban J connectivity index is 2.88. The highest BCUT2D eigenvalue weighted by Crippen LogP contribution is 2.31. The van der Waals surface area contributed by atoms with E-state index < -0.39 is 0 Å². The normalized spacial score (nSPS) is 11.3. The van der Waals surface area contributed by atoms with Crippen LogP contribution in [0.3, 0.4) is 0 Å². The minimum Gasteiger partial charge on any atom is -0.256 e. The first-order valence-electron chi connectivity index (χ1n) is 4.84. The summed E-state index contributed by atoms with van der Waals surface area (Å²) in [4.78, 5) is 4.25. The highest BCUT2D eigenvalue weighted by molar-refractivity contribution is 6.35. The van der Waals surface area contributed by atoms with Crippen molar-refractivity contribution < 1.29 is 4.39 Å². The number of hydrogen-bond acceptors (Lipinski definition) is 1. The summed E-state index contributed by atoms with van der Waals surface area (Å²) in [6, 6.07) is 5.03. The first kappa shape index (κ1) is 10.4. The van der Waals surface area contributed by atoms with Crippen molar-refractivity contribution in [1.29, 1.82) is 0 Å². The molecule has 0 atom stereocenters. The first-order chi connectivity index (χ1) is 7.11. The fourth-order valence-electron chi connectivity index (χ4n) is 1.65. The van der Waals surface area contributed by atoms with Gasteiger partial charge in [0.1, 0.15) is 5.82 Å².